The summed E-state index contributed by atoms with van der Waals surface area (Å²) < 4.78 is 8.74. The van der Waals surface area contributed by atoms with Crippen molar-refractivity contribution in [2.24, 2.45) is 0 Å². The van der Waals surface area contributed by atoms with E-state index in [1.807, 2.05) is 12.1 Å². The van der Waals surface area contributed by atoms with Crippen LogP contribution in [0, 0.1) is 0 Å². The maximum atomic E-state index is 6.34. The fraction of sp³-hybridized carbons (Fsp3) is 0. The summed E-state index contributed by atoms with van der Waals surface area (Å²) >= 11 is 0. The molecule has 2 heteroatoms. The van der Waals surface area contributed by atoms with Crippen LogP contribution in [0.1, 0.15) is 0 Å². The van der Waals surface area contributed by atoms with Gasteiger partial charge in [-0.2, -0.15) is 0 Å². The van der Waals surface area contributed by atoms with E-state index in [0.717, 1.165) is 38.8 Å². The normalized spacial score (nSPS) is 11.6. The largest absolute Gasteiger partial charge is 0.455 e. The van der Waals surface area contributed by atoms with Gasteiger partial charge in [-0.25, -0.2) is 0 Å². The highest BCUT2D eigenvalue weighted by Crippen LogP contribution is 2.38. The number of fused-ring (bicyclic) bond motifs is 6. The van der Waals surface area contributed by atoms with Crippen LogP contribution in [0.15, 0.2) is 168 Å². The Hall–Kier alpha value is -5.86. The van der Waals surface area contributed by atoms with Gasteiger partial charge in [-0.3, -0.25) is 0 Å². The summed E-state index contributed by atoms with van der Waals surface area (Å²) in [5.41, 5.74) is 12.4. The molecule has 0 N–H and O–H groups in total. The smallest absolute Gasteiger partial charge is 0.143 e. The van der Waals surface area contributed by atoms with Crippen LogP contribution in [0.5, 0.6) is 0 Å². The zero-order chi connectivity index (χ0) is 29.0. The van der Waals surface area contributed by atoms with Crippen molar-refractivity contribution in [2.75, 3.05) is 0 Å². The molecule has 0 spiro atoms. The van der Waals surface area contributed by atoms with Gasteiger partial charge in [-0.1, -0.05) is 127 Å². The Balaban J connectivity index is 1.22. The van der Waals surface area contributed by atoms with Gasteiger partial charge in [0.2, 0.25) is 0 Å². The van der Waals surface area contributed by atoms with Crippen molar-refractivity contribution in [3.8, 4) is 39.1 Å². The first-order valence-electron chi connectivity index (χ1n) is 15.0. The van der Waals surface area contributed by atoms with Gasteiger partial charge in [0, 0.05) is 32.8 Å². The average Bonchev–Trinajstić information content (AvgIpc) is 3.65. The van der Waals surface area contributed by atoms with E-state index in [2.05, 4.69) is 156 Å². The fourth-order valence-corrected chi connectivity index (χ4v) is 6.72. The molecule has 0 aliphatic rings. The third-order valence-electron chi connectivity index (χ3n) is 8.80. The van der Waals surface area contributed by atoms with Gasteiger partial charge in [0.15, 0.2) is 0 Å². The number of hydrogen-bond donors (Lipinski definition) is 0. The number of nitrogens with zero attached hydrogens (tertiary/aromatic N) is 1. The Kier molecular flexibility index (Phi) is 5.54. The molecule has 9 rings (SSSR count). The summed E-state index contributed by atoms with van der Waals surface area (Å²) in [6.45, 7) is 0. The minimum absolute atomic E-state index is 0.918. The van der Waals surface area contributed by atoms with Crippen molar-refractivity contribution in [3.05, 3.63) is 164 Å². The van der Waals surface area contributed by atoms with E-state index in [9.17, 15) is 0 Å². The van der Waals surface area contributed by atoms with Crippen LogP contribution in [-0.2, 0) is 0 Å². The second-order valence-corrected chi connectivity index (χ2v) is 11.4. The van der Waals surface area contributed by atoms with E-state index in [4.69, 9.17) is 4.42 Å². The molecule has 206 valence electrons. The lowest BCUT2D eigenvalue weighted by Crippen LogP contribution is -1.96. The minimum Gasteiger partial charge on any atom is -0.455 e. The molecule has 0 atom stereocenters. The molecular formula is C42H27NO. The van der Waals surface area contributed by atoms with Gasteiger partial charge >= 0.3 is 0 Å². The molecule has 0 amide bonds. The van der Waals surface area contributed by atoms with Crippen LogP contribution in [-0.4, -0.2) is 4.57 Å². The van der Waals surface area contributed by atoms with Crippen molar-refractivity contribution in [3.63, 3.8) is 0 Å². The SMILES string of the molecule is c1ccc(-c2cc(-c3ccc(-c4cccc5c4oc4ccccc45)cc3)cc(-n3c4ccccc4c4ccccc43)c2)cc1. The van der Waals surface area contributed by atoms with Crippen LogP contribution in [0.2, 0.25) is 0 Å². The lowest BCUT2D eigenvalue weighted by Gasteiger charge is -2.14. The molecule has 9 aromatic rings. The van der Waals surface area contributed by atoms with Gasteiger partial charge in [0.1, 0.15) is 11.2 Å². The second kappa shape index (κ2) is 9.86. The number of furan rings is 1. The Labute approximate surface area is 255 Å². The second-order valence-electron chi connectivity index (χ2n) is 11.4. The van der Waals surface area contributed by atoms with Crippen LogP contribution in [0.25, 0.3) is 82.8 Å². The first-order valence-corrected chi connectivity index (χ1v) is 15.0. The molecule has 0 aliphatic carbocycles. The van der Waals surface area contributed by atoms with Crippen LogP contribution in [0.3, 0.4) is 0 Å². The summed E-state index contributed by atoms with van der Waals surface area (Å²) in [4.78, 5) is 0. The lowest BCUT2D eigenvalue weighted by molar-refractivity contribution is 0.670. The molecule has 0 saturated carbocycles. The summed E-state index contributed by atoms with van der Waals surface area (Å²) in [5.74, 6) is 0. The molecular weight excluding hydrogens is 534 g/mol. The van der Waals surface area contributed by atoms with Gasteiger partial charge in [0.25, 0.3) is 0 Å². The highest BCUT2D eigenvalue weighted by Gasteiger charge is 2.15. The van der Waals surface area contributed by atoms with Crippen LogP contribution >= 0.6 is 0 Å². The number of benzene rings is 7. The molecule has 0 saturated heterocycles. The predicted octanol–water partition coefficient (Wildman–Crippen LogP) is 11.7. The first kappa shape index (κ1) is 24.7. The summed E-state index contributed by atoms with van der Waals surface area (Å²) in [6.07, 6.45) is 0. The van der Waals surface area contributed by atoms with E-state index >= 15 is 0 Å². The molecule has 0 unspecified atom stereocenters. The molecule has 7 aromatic carbocycles. The van der Waals surface area contributed by atoms with Crippen molar-refractivity contribution in [1.82, 2.24) is 4.57 Å². The van der Waals surface area contributed by atoms with E-state index in [0.29, 0.717) is 0 Å². The first-order chi connectivity index (χ1) is 21.8. The fourth-order valence-electron chi connectivity index (χ4n) is 6.72. The lowest BCUT2D eigenvalue weighted by atomic mass is 9.95. The van der Waals surface area contributed by atoms with Gasteiger partial charge in [0.05, 0.1) is 11.0 Å². The molecule has 2 aromatic heterocycles. The summed E-state index contributed by atoms with van der Waals surface area (Å²) in [5, 5.41) is 4.82. The predicted molar refractivity (Wildman–Crippen MR) is 184 cm³/mol. The molecule has 44 heavy (non-hydrogen) atoms. The van der Waals surface area contributed by atoms with E-state index in [1.165, 1.54) is 44.1 Å². The van der Waals surface area contributed by atoms with Gasteiger partial charge in [-0.15, -0.1) is 0 Å². The number of para-hydroxylation sites is 4. The Morgan fingerprint density at radius 3 is 1.61 bits per heavy atom. The average molecular weight is 562 g/mol. The monoisotopic (exact) mass is 561 g/mol. The zero-order valence-corrected chi connectivity index (χ0v) is 23.9. The van der Waals surface area contributed by atoms with Crippen LogP contribution < -0.4 is 0 Å². The molecule has 0 radical (unpaired) electrons. The quantitative estimate of drug-likeness (QED) is 0.209. The number of hydrogen-bond acceptors (Lipinski definition) is 1. The standard InChI is InChI=1S/C42H27NO/c1-2-11-28(12-3-1)31-25-32(27-33(26-31)43-39-18-7-4-13-35(39)36-14-5-8-19-40(36)43)29-21-23-30(24-22-29)34-16-10-17-38-37-15-6-9-20-41(37)44-42(34)38/h1-27H. The van der Waals surface area contributed by atoms with Crippen molar-refractivity contribution >= 4 is 43.7 Å². The van der Waals surface area contributed by atoms with E-state index in [1.54, 1.807) is 0 Å². The number of aromatic nitrogens is 1. The zero-order valence-electron chi connectivity index (χ0n) is 23.9. The van der Waals surface area contributed by atoms with Gasteiger partial charge in [-0.05, 0) is 64.2 Å². The van der Waals surface area contributed by atoms with Crippen molar-refractivity contribution < 1.29 is 4.42 Å². The third kappa shape index (κ3) is 3.89. The Morgan fingerprint density at radius 2 is 0.909 bits per heavy atom. The summed E-state index contributed by atoms with van der Waals surface area (Å²) in [6, 6.07) is 58.5. The molecule has 0 bridgehead atoms. The number of rotatable bonds is 4. The molecule has 2 heterocycles. The van der Waals surface area contributed by atoms with Crippen molar-refractivity contribution in [2.45, 2.75) is 0 Å². The highest BCUT2D eigenvalue weighted by atomic mass is 16.3. The maximum Gasteiger partial charge on any atom is 0.143 e. The topological polar surface area (TPSA) is 18.1 Å². The summed E-state index contributed by atoms with van der Waals surface area (Å²) in [7, 11) is 0. The third-order valence-corrected chi connectivity index (χ3v) is 8.80. The Morgan fingerprint density at radius 1 is 0.364 bits per heavy atom. The van der Waals surface area contributed by atoms with Crippen LogP contribution in [0.4, 0.5) is 0 Å². The highest BCUT2D eigenvalue weighted by molar-refractivity contribution is 6.10. The van der Waals surface area contributed by atoms with E-state index in [-0.39, 0.29) is 0 Å². The van der Waals surface area contributed by atoms with Gasteiger partial charge < -0.3 is 8.98 Å². The molecule has 0 fully saturated rings. The maximum absolute atomic E-state index is 6.34. The van der Waals surface area contributed by atoms with Crippen molar-refractivity contribution in [1.29, 1.82) is 0 Å². The van der Waals surface area contributed by atoms with E-state index < -0.39 is 0 Å². The Bertz CT molecular complexity index is 2430. The minimum atomic E-state index is 0.918. The molecule has 0 aliphatic heterocycles. The molecule has 2 nitrogen and oxygen atoms in total.